The molecule has 19 heteroatoms. The zero-order valence-corrected chi connectivity index (χ0v) is 65.5. The molecule has 0 amide bonds. The molecule has 98 heavy (non-hydrogen) atoms. The summed E-state index contributed by atoms with van der Waals surface area (Å²) in [5.41, 5.74) is 0. The summed E-state index contributed by atoms with van der Waals surface area (Å²) in [6, 6.07) is 0. The van der Waals surface area contributed by atoms with Crippen LogP contribution in [-0.4, -0.2) is 96.7 Å². The zero-order chi connectivity index (χ0) is 72.3. The molecule has 0 aromatic heterocycles. The minimum absolute atomic E-state index is 0.0838. The Hall–Kier alpha value is -2.46. The van der Waals surface area contributed by atoms with Crippen molar-refractivity contribution in [1.29, 1.82) is 0 Å². The van der Waals surface area contributed by atoms with E-state index in [1.807, 2.05) is 0 Å². The minimum Gasteiger partial charge on any atom is -0.462 e. The Labute approximate surface area is 599 Å². The van der Waals surface area contributed by atoms with E-state index in [4.69, 9.17) is 37.0 Å². The molecule has 17 nitrogen and oxygen atoms in total. The lowest BCUT2D eigenvalue weighted by Gasteiger charge is -2.21. The SMILES string of the molecule is CCCCCC/C=C\C=C/CCCCCCCC(=O)O[C@H](COC(=O)CCCCCCCCC(C)C)COP(=O)(O)OC[C@H](O)COP(=O)(O)OC[C@@H](COC(=O)CCCCCCCCCCCCCCCCC(C)CC)OC(=O)CCCCCCCCCCCCCCCC(C)C. The number of aliphatic hydroxyl groups excluding tert-OH is 1. The molecule has 0 aliphatic heterocycles. The van der Waals surface area contributed by atoms with Gasteiger partial charge in [0.25, 0.3) is 0 Å². The second-order valence-corrected chi connectivity index (χ2v) is 31.9. The number of allylic oxidation sites excluding steroid dienone is 4. The lowest BCUT2D eigenvalue weighted by atomic mass is 9.99. The van der Waals surface area contributed by atoms with Gasteiger partial charge in [-0.15, -0.1) is 0 Å². The predicted molar refractivity (Wildman–Crippen MR) is 400 cm³/mol. The molecule has 3 N–H and O–H groups in total. The summed E-state index contributed by atoms with van der Waals surface area (Å²) >= 11 is 0. The molecule has 0 spiro atoms. The third kappa shape index (κ3) is 70.6. The Morgan fingerprint density at radius 3 is 0.908 bits per heavy atom. The van der Waals surface area contributed by atoms with E-state index >= 15 is 0 Å². The lowest BCUT2D eigenvalue weighted by Crippen LogP contribution is -2.30. The van der Waals surface area contributed by atoms with E-state index in [2.05, 4.69) is 72.8 Å². The van der Waals surface area contributed by atoms with Crippen LogP contribution in [0.3, 0.4) is 0 Å². The Balaban J connectivity index is 5.27. The Morgan fingerprint density at radius 2 is 0.602 bits per heavy atom. The van der Waals surface area contributed by atoms with Crippen molar-refractivity contribution in [2.45, 2.75) is 401 Å². The number of phosphoric acid groups is 2. The Kier molecular flexibility index (Phi) is 67.2. The van der Waals surface area contributed by atoms with Crippen LogP contribution >= 0.6 is 15.6 Å². The van der Waals surface area contributed by atoms with Gasteiger partial charge in [-0.2, -0.15) is 0 Å². The molecule has 0 radical (unpaired) electrons. The number of hydrogen-bond acceptors (Lipinski definition) is 15. The molecule has 0 heterocycles. The maximum Gasteiger partial charge on any atom is 0.472 e. The molecule has 0 bridgehead atoms. The highest BCUT2D eigenvalue weighted by atomic mass is 31.2. The number of carbonyl (C=O) groups is 4. The van der Waals surface area contributed by atoms with Crippen LogP contribution in [0.2, 0.25) is 0 Å². The maximum absolute atomic E-state index is 13.1. The number of esters is 4. The fourth-order valence-corrected chi connectivity index (χ4v) is 13.1. The molecule has 0 rings (SSSR count). The van der Waals surface area contributed by atoms with Gasteiger partial charge in [0.1, 0.15) is 19.3 Å². The van der Waals surface area contributed by atoms with Gasteiger partial charge in [0.15, 0.2) is 12.2 Å². The Bertz CT molecular complexity index is 2000. The molecule has 6 atom stereocenters. The van der Waals surface area contributed by atoms with Gasteiger partial charge in [-0.3, -0.25) is 37.3 Å². The fraction of sp³-hybridized carbons (Fsp3) is 0.899. The quantitative estimate of drug-likeness (QED) is 0.0169. The molecule has 0 aliphatic carbocycles. The molecule has 3 unspecified atom stereocenters. The van der Waals surface area contributed by atoms with Crippen LogP contribution in [0.5, 0.6) is 0 Å². The van der Waals surface area contributed by atoms with Crippen LogP contribution in [0.1, 0.15) is 382 Å². The molecular formula is C79H150O17P2. The van der Waals surface area contributed by atoms with Crippen LogP contribution in [0.4, 0.5) is 0 Å². The summed E-state index contributed by atoms with van der Waals surface area (Å²) in [5, 5.41) is 10.6. The van der Waals surface area contributed by atoms with Crippen molar-refractivity contribution in [1.82, 2.24) is 0 Å². The first-order valence-corrected chi connectivity index (χ1v) is 43.2. The number of aliphatic hydroxyl groups is 1. The number of unbranched alkanes of at least 4 members (excludes halogenated alkanes) is 39. The zero-order valence-electron chi connectivity index (χ0n) is 63.7. The van der Waals surface area contributed by atoms with Crippen molar-refractivity contribution in [2.75, 3.05) is 39.6 Å². The van der Waals surface area contributed by atoms with Crippen molar-refractivity contribution in [2.24, 2.45) is 17.8 Å². The predicted octanol–water partition coefficient (Wildman–Crippen LogP) is 22.9. The molecular weight excluding hydrogens is 1280 g/mol. The summed E-state index contributed by atoms with van der Waals surface area (Å²) in [6.45, 7) is 11.8. The smallest absolute Gasteiger partial charge is 0.462 e. The van der Waals surface area contributed by atoms with Gasteiger partial charge in [-0.05, 0) is 69.1 Å². The van der Waals surface area contributed by atoms with E-state index < -0.39 is 97.5 Å². The fourth-order valence-electron chi connectivity index (χ4n) is 11.6. The molecule has 0 fully saturated rings. The topological polar surface area (TPSA) is 237 Å². The average molecular weight is 1430 g/mol. The van der Waals surface area contributed by atoms with Gasteiger partial charge in [-0.1, -0.05) is 330 Å². The summed E-state index contributed by atoms with van der Waals surface area (Å²) in [7, 11) is -9.93. The van der Waals surface area contributed by atoms with Crippen LogP contribution in [0.15, 0.2) is 24.3 Å². The standard InChI is InChI=1S/C79H150O17P2/c1-8-10-11-12-13-14-15-16-17-24-29-34-39-48-55-62-79(84)96-75(67-90-77(82)61-54-47-42-41-44-51-58-71(5)6)69-94-98(87,88)92-65-73(80)64-91-97(85,86)93-68-74(95-78(83)63-56-49-40-35-30-25-20-21-26-31-36-43-50-57-70(3)4)66-89-76(81)60-53-46-38-33-28-23-19-18-22-27-32-37-45-52-59-72(7)9-2/h14-17,70-75,80H,8-13,18-69H2,1-7H3,(H,85,86)(H,87,88)/b15-14-,17-16-/t72?,73-,74-,75-/m1/s1. The third-order valence-electron chi connectivity index (χ3n) is 18.1. The van der Waals surface area contributed by atoms with Crippen molar-refractivity contribution >= 4 is 39.5 Å². The summed E-state index contributed by atoms with van der Waals surface area (Å²) in [4.78, 5) is 72.9. The van der Waals surface area contributed by atoms with Gasteiger partial charge in [0.2, 0.25) is 0 Å². The van der Waals surface area contributed by atoms with E-state index in [9.17, 15) is 43.2 Å². The highest BCUT2D eigenvalue weighted by Gasteiger charge is 2.30. The summed E-state index contributed by atoms with van der Waals surface area (Å²) < 4.78 is 68.6. The summed E-state index contributed by atoms with van der Waals surface area (Å²) in [5.74, 6) is 0.163. The molecule has 578 valence electrons. The molecule has 0 saturated heterocycles. The van der Waals surface area contributed by atoms with Crippen LogP contribution < -0.4 is 0 Å². The molecule has 0 aromatic rings. The number of carbonyl (C=O) groups excluding carboxylic acids is 4. The van der Waals surface area contributed by atoms with Gasteiger partial charge in [-0.25, -0.2) is 9.13 Å². The molecule has 0 aliphatic rings. The minimum atomic E-state index is -4.96. The van der Waals surface area contributed by atoms with E-state index in [0.29, 0.717) is 31.6 Å². The van der Waals surface area contributed by atoms with Crippen LogP contribution in [0.25, 0.3) is 0 Å². The average Bonchev–Trinajstić information content (AvgIpc) is 1.07. The van der Waals surface area contributed by atoms with E-state index in [1.54, 1.807) is 0 Å². The number of ether oxygens (including phenoxy) is 4. The second kappa shape index (κ2) is 68.9. The number of rotatable bonds is 75. The van der Waals surface area contributed by atoms with Crippen LogP contribution in [0, 0.1) is 17.8 Å². The number of hydrogen-bond donors (Lipinski definition) is 3. The highest BCUT2D eigenvalue weighted by molar-refractivity contribution is 7.47. The van der Waals surface area contributed by atoms with Crippen molar-refractivity contribution in [3.63, 3.8) is 0 Å². The van der Waals surface area contributed by atoms with Gasteiger partial charge >= 0.3 is 39.5 Å². The highest BCUT2D eigenvalue weighted by Crippen LogP contribution is 2.45. The van der Waals surface area contributed by atoms with Gasteiger partial charge < -0.3 is 33.8 Å². The van der Waals surface area contributed by atoms with E-state index in [0.717, 1.165) is 121 Å². The van der Waals surface area contributed by atoms with E-state index in [1.165, 1.54) is 173 Å². The Morgan fingerprint density at radius 1 is 0.337 bits per heavy atom. The monoisotopic (exact) mass is 1430 g/mol. The molecule has 0 aromatic carbocycles. The van der Waals surface area contributed by atoms with Crippen molar-refractivity contribution in [3.05, 3.63) is 24.3 Å². The van der Waals surface area contributed by atoms with E-state index in [-0.39, 0.29) is 25.7 Å². The van der Waals surface area contributed by atoms with Crippen LogP contribution in [-0.2, 0) is 65.4 Å². The van der Waals surface area contributed by atoms with Gasteiger partial charge in [0.05, 0.1) is 26.4 Å². The van der Waals surface area contributed by atoms with Crippen molar-refractivity contribution in [3.8, 4) is 0 Å². The molecule has 0 saturated carbocycles. The number of phosphoric ester groups is 2. The first-order chi connectivity index (χ1) is 47.3. The normalized spacial score (nSPS) is 14.4. The van der Waals surface area contributed by atoms with Crippen molar-refractivity contribution < 1.29 is 80.2 Å². The maximum atomic E-state index is 13.1. The largest absolute Gasteiger partial charge is 0.472 e. The van der Waals surface area contributed by atoms with Gasteiger partial charge in [0, 0.05) is 25.7 Å². The lowest BCUT2D eigenvalue weighted by molar-refractivity contribution is -0.161. The first kappa shape index (κ1) is 95.5. The first-order valence-electron chi connectivity index (χ1n) is 40.2. The summed E-state index contributed by atoms with van der Waals surface area (Å²) in [6.07, 6.45) is 59.2. The second-order valence-electron chi connectivity index (χ2n) is 29.0. The third-order valence-corrected chi connectivity index (χ3v) is 20.0.